The Hall–Kier alpha value is -3.42. The number of carbonyl (C=O) groups is 2. The van der Waals surface area contributed by atoms with Crippen molar-refractivity contribution in [1.29, 1.82) is 0 Å². The van der Waals surface area contributed by atoms with Gasteiger partial charge in [-0.25, -0.2) is 4.98 Å². The number of aromatic nitrogens is 2. The van der Waals surface area contributed by atoms with Crippen LogP contribution >= 0.6 is 11.3 Å². The third-order valence-corrected chi connectivity index (χ3v) is 7.52. The van der Waals surface area contributed by atoms with Crippen LogP contribution in [0.3, 0.4) is 0 Å². The summed E-state index contributed by atoms with van der Waals surface area (Å²) in [4.78, 5) is 38.4. The molecule has 0 radical (unpaired) electrons. The van der Waals surface area contributed by atoms with E-state index in [-0.39, 0.29) is 24.2 Å². The molecule has 0 saturated carbocycles. The average molecular weight is 486 g/mol. The molecule has 2 aromatic heterocycles. The zero-order valence-electron chi connectivity index (χ0n) is 19.6. The number of aliphatic hydroxyl groups is 1. The van der Waals surface area contributed by atoms with Crippen molar-refractivity contribution in [1.82, 2.24) is 14.9 Å². The molecule has 2 aromatic carbocycles. The molecule has 7 heteroatoms. The van der Waals surface area contributed by atoms with E-state index in [1.807, 2.05) is 72.5 Å². The van der Waals surface area contributed by atoms with Gasteiger partial charge in [0.05, 0.1) is 22.3 Å². The van der Waals surface area contributed by atoms with Crippen molar-refractivity contribution < 1.29 is 14.7 Å². The molecule has 3 heterocycles. The summed E-state index contributed by atoms with van der Waals surface area (Å²) in [6, 6.07) is 18.9. The molecule has 1 fully saturated rings. The van der Waals surface area contributed by atoms with Gasteiger partial charge in [0, 0.05) is 41.7 Å². The Kier molecular flexibility index (Phi) is 6.70. The van der Waals surface area contributed by atoms with E-state index >= 15 is 0 Å². The minimum atomic E-state index is -0.477. The van der Waals surface area contributed by atoms with E-state index in [2.05, 4.69) is 9.97 Å². The molecule has 1 aliphatic heterocycles. The number of benzene rings is 2. The van der Waals surface area contributed by atoms with Crippen molar-refractivity contribution in [2.45, 2.75) is 44.8 Å². The van der Waals surface area contributed by atoms with Crippen LogP contribution in [0, 0.1) is 6.92 Å². The van der Waals surface area contributed by atoms with Gasteiger partial charge < -0.3 is 10.0 Å². The highest BCUT2D eigenvalue weighted by molar-refractivity contribution is 7.14. The number of aliphatic hydroxyl groups excluding tert-OH is 1. The Balaban J connectivity index is 1.37. The number of rotatable bonds is 6. The standard InChI is InChI=1S/C28H27N3O3S/c1-18-30-26(20-7-3-2-4-8-20)27(35-18)28(34)31-16-14-22(32)17-21(31)12-13-24(33)23-11-5-9-19-10-6-15-29-25(19)23/h2-11,15,21-22,32H,12-14,16-17H2,1H3/t21-,22?/m1/s1. The molecule has 35 heavy (non-hydrogen) atoms. The van der Waals surface area contributed by atoms with Crippen LogP contribution in [0.2, 0.25) is 0 Å². The number of hydrogen-bond donors (Lipinski definition) is 1. The van der Waals surface area contributed by atoms with Gasteiger partial charge in [0.15, 0.2) is 5.78 Å². The van der Waals surface area contributed by atoms with Crippen LogP contribution in [-0.4, -0.2) is 50.4 Å². The van der Waals surface area contributed by atoms with Crippen LogP contribution in [0.25, 0.3) is 22.2 Å². The third-order valence-electron chi connectivity index (χ3n) is 6.56. The van der Waals surface area contributed by atoms with Crippen LogP contribution in [-0.2, 0) is 0 Å². The summed E-state index contributed by atoms with van der Waals surface area (Å²) < 4.78 is 0. The highest BCUT2D eigenvalue weighted by Crippen LogP contribution is 2.32. The van der Waals surface area contributed by atoms with Gasteiger partial charge >= 0.3 is 0 Å². The fraction of sp³-hybridized carbons (Fsp3) is 0.286. The fourth-order valence-electron chi connectivity index (χ4n) is 4.83. The first-order valence-electron chi connectivity index (χ1n) is 11.9. The maximum absolute atomic E-state index is 13.7. The number of fused-ring (bicyclic) bond motifs is 1. The van der Waals surface area contributed by atoms with Gasteiger partial charge in [0.25, 0.3) is 5.91 Å². The summed E-state index contributed by atoms with van der Waals surface area (Å²) in [5.41, 5.74) is 2.90. The highest BCUT2D eigenvalue weighted by atomic mass is 32.1. The Bertz CT molecular complexity index is 1360. The summed E-state index contributed by atoms with van der Waals surface area (Å²) >= 11 is 1.40. The molecular formula is C28H27N3O3S. The minimum absolute atomic E-state index is 0.000344. The van der Waals surface area contributed by atoms with E-state index in [1.165, 1.54) is 11.3 Å². The zero-order valence-corrected chi connectivity index (χ0v) is 20.4. The summed E-state index contributed by atoms with van der Waals surface area (Å²) in [6.45, 7) is 2.36. The fourth-order valence-corrected chi connectivity index (χ4v) is 5.72. The number of likely N-dealkylation sites (tertiary alicyclic amines) is 1. The first-order chi connectivity index (χ1) is 17.0. The molecule has 0 aliphatic carbocycles. The molecule has 178 valence electrons. The average Bonchev–Trinajstić information content (AvgIpc) is 3.28. The predicted octanol–water partition coefficient (Wildman–Crippen LogP) is 5.30. The van der Waals surface area contributed by atoms with Crippen molar-refractivity contribution in [3.63, 3.8) is 0 Å². The molecule has 2 atom stereocenters. The Morgan fingerprint density at radius 2 is 1.89 bits per heavy atom. The minimum Gasteiger partial charge on any atom is -0.393 e. The lowest BCUT2D eigenvalue weighted by Crippen LogP contribution is -2.47. The van der Waals surface area contributed by atoms with Crippen molar-refractivity contribution in [3.8, 4) is 11.3 Å². The van der Waals surface area contributed by atoms with E-state index in [4.69, 9.17) is 0 Å². The summed E-state index contributed by atoms with van der Waals surface area (Å²) in [5.74, 6) is -0.0778. The maximum Gasteiger partial charge on any atom is 0.266 e. The first-order valence-corrected chi connectivity index (χ1v) is 12.7. The van der Waals surface area contributed by atoms with Crippen molar-refractivity contribution in [2.24, 2.45) is 0 Å². The van der Waals surface area contributed by atoms with Gasteiger partial charge in [-0.05, 0) is 38.3 Å². The molecule has 0 bridgehead atoms. The number of para-hydroxylation sites is 1. The monoisotopic (exact) mass is 485 g/mol. The first kappa shape index (κ1) is 23.3. The molecule has 5 rings (SSSR count). The number of aryl methyl sites for hydroxylation is 1. The largest absolute Gasteiger partial charge is 0.393 e. The van der Waals surface area contributed by atoms with E-state index in [0.717, 1.165) is 16.0 Å². The maximum atomic E-state index is 13.7. The quantitative estimate of drug-likeness (QED) is 0.375. The van der Waals surface area contributed by atoms with E-state index in [9.17, 15) is 14.7 Å². The summed E-state index contributed by atoms with van der Waals surface area (Å²) in [5, 5.41) is 12.1. The van der Waals surface area contributed by atoms with Crippen LogP contribution in [0.4, 0.5) is 0 Å². The molecule has 0 spiro atoms. The Morgan fingerprint density at radius 3 is 2.71 bits per heavy atom. The molecule has 1 unspecified atom stereocenters. The number of thiazole rings is 1. The molecule has 1 aliphatic rings. The smallest absolute Gasteiger partial charge is 0.266 e. The number of amides is 1. The number of piperidine rings is 1. The molecule has 6 nitrogen and oxygen atoms in total. The van der Waals surface area contributed by atoms with Crippen LogP contribution in [0.5, 0.6) is 0 Å². The Morgan fingerprint density at radius 1 is 1.09 bits per heavy atom. The van der Waals surface area contributed by atoms with Crippen molar-refractivity contribution in [2.75, 3.05) is 6.54 Å². The Labute approximate surface area is 208 Å². The number of Topliss-reactive ketones (excluding diaryl/α,β-unsaturated/α-hetero) is 1. The van der Waals surface area contributed by atoms with Crippen molar-refractivity contribution in [3.05, 3.63) is 82.3 Å². The number of ketones is 1. The van der Waals surface area contributed by atoms with Gasteiger partial charge in [-0.3, -0.25) is 14.6 Å². The number of hydrogen-bond acceptors (Lipinski definition) is 6. The van der Waals surface area contributed by atoms with Gasteiger partial charge in [-0.1, -0.05) is 48.5 Å². The predicted molar refractivity (Wildman–Crippen MR) is 138 cm³/mol. The zero-order chi connectivity index (χ0) is 24.4. The molecule has 4 aromatic rings. The summed E-state index contributed by atoms with van der Waals surface area (Å²) in [6.07, 6.45) is 2.98. The lowest BCUT2D eigenvalue weighted by Gasteiger charge is -2.38. The molecule has 1 amide bonds. The van der Waals surface area contributed by atoms with Gasteiger partial charge in [-0.15, -0.1) is 11.3 Å². The third kappa shape index (κ3) is 4.88. The molecule has 1 N–H and O–H groups in total. The molecular weight excluding hydrogens is 458 g/mol. The van der Waals surface area contributed by atoms with Gasteiger partial charge in [0.2, 0.25) is 0 Å². The topological polar surface area (TPSA) is 83.4 Å². The van der Waals surface area contributed by atoms with Crippen molar-refractivity contribution >= 4 is 33.9 Å². The number of carbonyl (C=O) groups excluding carboxylic acids is 2. The number of pyridine rings is 1. The molecule has 1 saturated heterocycles. The van der Waals surface area contributed by atoms with Gasteiger partial charge in [0.1, 0.15) is 4.88 Å². The van der Waals surface area contributed by atoms with Gasteiger partial charge in [-0.2, -0.15) is 0 Å². The second-order valence-electron chi connectivity index (χ2n) is 8.95. The van der Waals surface area contributed by atoms with Crippen LogP contribution in [0.1, 0.15) is 50.7 Å². The van der Waals surface area contributed by atoms with E-state index in [0.29, 0.717) is 47.5 Å². The highest BCUT2D eigenvalue weighted by Gasteiger charge is 2.34. The lowest BCUT2D eigenvalue weighted by atomic mass is 9.93. The number of nitrogens with zero attached hydrogens (tertiary/aromatic N) is 3. The van der Waals surface area contributed by atoms with E-state index < -0.39 is 6.10 Å². The van der Waals surface area contributed by atoms with E-state index in [1.54, 1.807) is 6.20 Å². The van der Waals surface area contributed by atoms with Crippen LogP contribution < -0.4 is 0 Å². The lowest BCUT2D eigenvalue weighted by molar-refractivity contribution is 0.0300. The second-order valence-corrected chi connectivity index (χ2v) is 10.2. The second kappa shape index (κ2) is 10.1. The van der Waals surface area contributed by atoms with Crippen LogP contribution in [0.15, 0.2) is 66.9 Å². The normalized spacial score (nSPS) is 18.1. The SMILES string of the molecule is Cc1nc(-c2ccccc2)c(C(=O)N2CCC(O)C[C@H]2CCC(=O)c2cccc3cccnc23)s1. The summed E-state index contributed by atoms with van der Waals surface area (Å²) in [7, 11) is 0.